The van der Waals surface area contributed by atoms with Crippen LogP contribution in [0, 0.1) is 5.82 Å². The van der Waals surface area contributed by atoms with Crippen molar-refractivity contribution < 1.29 is 4.39 Å². The molecule has 0 unspecified atom stereocenters. The Labute approximate surface area is 116 Å². The summed E-state index contributed by atoms with van der Waals surface area (Å²) in [5, 5.41) is 7.80. The summed E-state index contributed by atoms with van der Waals surface area (Å²) in [6.07, 6.45) is 0. The first kappa shape index (κ1) is 13.7. The number of aryl methyl sites for hydroxylation is 1. The van der Waals surface area contributed by atoms with E-state index in [1.54, 1.807) is 11.7 Å². The van der Waals surface area contributed by atoms with Gasteiger partial charge in [0.15, 0.2) is 5.82 Å². The lowest BCUT2D eigenvalue weighted by atomic mass is 10.1. The van der Waals surface area contributed by atoms with Gasteiger partial charge < -0.3 is 11.1 Å². The highest BCUT2D eigenvalue weighted by Gasteiger charge is 2.16. The van der Waals surface area contributed by atoms with Crippen LogP contribution in [0.1, 0.15) is 25.5 Å². The van der Waals surface area contributed by atoms with Crippen LogP contribution in [0.3, 0.4) is 0 Å². The molecule has 1 aromatic heterocycles. The standard InChI is InChI=1S/C13H16ClFN4/c1-7(2)12-11(16)13(19(3)18-12)17-10-6-8(15)4-5-9(10)14/h4-7,17H,16H2,1-3H3. The summed E-state index contributed by atoms with van der Waals surface area (Å²) < 4.78 is 14.9. The lowest BCUT2D eigenvalue weighted by Gasteiger charge is -2.09. The molecular weight excluding hydrogens is 267 g/mol. The molecule has 6 heteroatoms. The largest absolute Gasteiger partial charge is 0.394 e. The van der Waals surface area contributed by atoms with Crippen molar-refractivity contribution in [3.05, 3.63) is 34.7 Å². The molecule has 0 fully saturated rings. The smallest absolute Gasteiger partial charge is 0.152 e. The molecule has 0 spiro atoms. The van der Waals surface area contributed by atoms with E-state index in [1.807, 2.05) is 13.8 Å². The maximum absolute atomic E-state index is 13.2. The number of nitrogens with one attached hydrogen (secondary N) is 1. The number of hydrogen-bond acceptors (Lipinski definition) is 3. The molecule has 2 aromatic rings. The third-order valence-electron chi connectivity index (χ3n) is 2.84. The number of nitrogens with zero attached hydrogens (tertiary/aromatic N) is 2. The summed E-state index contributed by atoms with van der Waals surface area (Å²) in [5.74, 6) is 0.456. The maximum atomic E-state index is 13.2. The molecule has 0 radical (unpaired) electrons. The molecule has 0 aliphatic carbocycles. The summed E-state index contributed by atoms with van der Waals surface area (Å²) >= 11 is 6.02. The van der Waals surface area contributed by atoms with Gasteiger partial charge in [-0.25, -0.2) is 4.39 Å². The molecule has 0 amide bonds. The SMILES string of the molecule is CC(C)c1nn(C)c(Nc2cc(F)ccc2Cl)c1N. The van der Waals surface area contributed by atoms with Crippen LogP contribution < -0.4 is 11.1 Å². The van der Waals surface area contributed by atoms with E-state index in [1.165, 1.54) is 18.2 Å². The van der Waals surface area contributed by atoms with Crippen LogP contribution >= 0.6 is 11.6 Å². The fourth-order valence-corrected chi connectivity index (χ4v) is 2.02. The van der Waals surface area contributed by atoms with E-state index in [-0.39, 0.29) is 11.7 Å². The Morgan fingerprint density at radius 3 is 2.68 bits per heavy atom. The third-order valence-corrected chi connectivity index (χ3v) is 3.17. The quantitative estimate of drug-likeness (QED) is 0.903. The fourth-order valence-electron chi connectivity index (χ4n) is 1.86. The first-order valence-electron chi connectivity index (χ1n) is 5.94. The van der Waals surface area contributed by atoms with Gasteiger partial charge in [-0.2, -0.15) is 5.10 Å². The van der Waals surface area contributed by atoms with Gasteiger partial charge in [-0.05, 0) is 24.1 Å². The second-order valence-corrected chi connectivity index (χ2v) is 5.08. The number of nitrogen functional groups attached to an aromatic ring is 1. The first-order valence-corrected chi connectivity index (χ1v) is 6.32. The molecule has 4 nitrogen and oxygen atoms in total. The maximum Gasteiger partial charge on any atom is 0.152 e. The molecule has 2 rings (SSSR count). The average Bonchev–Trinajstić information content (AvgIpc) is 2.62. The highest BCUT2D eigenvalue weighted by atomic mass is 35.5. The zero-order valence-corrected chi connectivity index (χ0v) is 11.8. The second kappa shape index (κ2) is 5.09. The van der Waals surface area contributed by atoms with E-state index in [4.69, 9.17) is 17.3 Å². The van der Waals surface area contributed by atoms with Crippen LogP contribution in [-0.4, -0.2) is 9.78 Å². The predicted octanol–water partition coefficient (Wildman–Crippen LogP) is 3.66. The summed E-state index contributed by atoms with van der Waals surface area (Å²) in [6.45, 7) is 4.02. The molecule has 0 aliphatic heterocycles. The Balaban J connectivity index is 2.41. The minimum Gasteiger partial charge on any atom is -0.394 e. The van der Waals surface area contributed by atoms with E-state index in [0.717, 1.165) is 5.69 Å². The summed E-state index contributed by atoms with van der Waals surface area (Å²) in [7, 11) is 1.78. The van der Waals surface area contributed by atoms with Gasteiger partial charge in [0.25, 0.3) is 0 Å². The van der Waals surface area contributed by atoms with Gasteiger partial charge in [0, 0.05) is 7.05 Å². The van der Waals surface area contributed by atoms with Crippen molar-refractivity contribution in [3.63, 3.8) is 0 Å². The third kappa shape index (κ3) is 2.66. The van der Waals surface area contributed by atoms with Gasteiger partial charge in [0.05, 0.1) is 22.1 Å². The van der Waals surface area contributed by atoms with E-state index >= 15 is 0 Å². The summed E-state index contributed by atoms with van der Waals surface area (Å²) in [6, 6.07) is 4.12. The minimum atomic E-state index is -0.364. The molecule has 1 heterocycles. The van der Waals surface area contributed by atoms with Gasteiger partial charge in [0.1, 0.15) is 5.82 Å². The van der Waals surface area contributed by atoms with Gasteiger partial charge in [-0.1, -0.05) is 25.4 Å². The lowest BCUT2D eigenvalue weighted by molar-refractivity contribution is 0.628. The molecule has 0 atom stereocenters. The number of rotatable bonds is 3. The zero-order valence-electron chi connectivity index (χ0n) is 11.0. The fraction of sp³-hybridized carbons (Fsp3) is 0.308. The zero-order chi connectivity index (χ0) is 14.2. The molecule has 0 bridgehead atoms. The number of aromatic nitrogens is 2. The summed E-state index contributed by atoms with van der Waals surface area (Å²) in [5.41, 5.74) is 7.88. The molecular formula is C13H16ClFN4. The van der Waals surface area contributed by atoms with Crippen LogP contribution in [0.15, 0.2) is 18.2 Å². The van der Waals surface area contributed by atoms with Crippen LogP contribution in [-0.2, 0) is 7.05 Å². The van der Waals surface area contributed by atoms with Gasteiger partial charge in [0.2, 0.25) is 0 Å². The number of nitrogens with two attached hydrogens (primary N) is 1. The number of benzene rings is 1. The number of anilines is 3. The van der Waals surface area contributed by atoms with Crippen LogP contribution in [0.2, 0.25) is 5.02 Å². The Hall–Kier alpha value is -1.75. The topological polar surface area (TPSA) is 55.9 Å². The molecule has 0 aliphatic rings. The monoisotopic (exact) mass is 282 g/mol. The molecule has 0 saturated heterocycles. The van der Waals surface area contributed by atoms with Crippen LogP contribution in [0.5, 0.6) is 0 Å². The Morgan fingerprint density at radius 1 is 1.42 bits per heavy atom. The van der Waals surface area contributed by atoms with Crippen molar-refractivity contribution in [2.45, 2.75) is 19.8 Å². The van der Waals surface area contributed by atoms with Crippen molar-refractivity contribution in [1.82, 2.24) is 9.78 Å². The Kier molecular flexibility index (Phi) is 3.66. The second-order valence-electron chi connectivity index (χ2n) is 4.67. The molecule has 102 valence electrons. The first-order chi connectivity index (χ1) is 8.90. The van der Waals surface area contributed by atoms with Crippen molar-refractivity contribution in [2.24, 2.45) is 7.05 Å². The summed E-state index contributed by atoms with van der Waals surface area (Å²) in [4.78, 5) is 0. The normalized spacial score (nSPS) is 11.1. The number of halogens is 2. The average molecular weight is 283 g/mol. The van der Waals surface area contributed by atoms with Gasteiger partial charge >= 0.3 is 0 Å². The highest BCUT2D eigenvalue weighted by molar-refractivity contribution is 6.33. The highest BCUT2D eigenvalue weighted by Crippen LogP contribution is 2.32. The Bertz CT molecular complexity index is 607. The molecule has 0 saturated carbocycles. The van der Waals surface area contributed by atoms with Crippen molar-refractivity contribution in [1.29, 1.82) is 0 Å². The van der Waals surface area contributed by atoms with Crippen LogP contribution in [0.25, 0.3) is 0 Å². The van der Waals surface area contributed by atoms with E-state index < -0.39 is 0 Å². The number of hydrogen-bond donors (Lipinski definition) is 2. The van der Waals surface area contributed by atoms with E-state index in [2.05, 4.69) is 10.4 Å². The van der Waals surface area contributed by atoms with Gasteiger partial charge in [-0.3, -0.25) is 4.68 Å². The molecule has 3 N–H and O–H groups in total. The van der Waals surface area contributed by atoms with Crippen LogP contribution in [0.4, 0.5) is 21.6 Å². The molecule has 1 aromatic carbocycles. The van der Waals surface area contributed by atoms with Gasteiger partial charge in [-0.15, -0.1) is 0 Å². The molecule has 19 heavy (non-hydrogen) atoms. The van der Waals surface area contributed by atoms with E-state index in [0.29, 0.717) is 22.2 Å². The minimum absolute atomic E-state index is 0.213. The predicted molar refractivity (Wildman–Crippen MR) is 76.4 cm³/mol. The van der Waals surface area contributed by atoms with E-state index in [9.17, 15) is 4.39 Å². The lowest BCUT2D eigenvalue weighted by Crippen LogP contribution is -2.02. The van der Waals surface area contributed by atoms with Crippen molar-refractivity contribution in [3.8, 4) is 0 Å². The Morgan fingerprint density at radius 2 is 2.11 bits per heavy atom. The van der Waals surface area contributed by atoms with Crippen molar-refractivity contribution in [2.75, 3.05) is 11.1 Å². The van der Waals surface area contributed by atoms with Crippen molar-refractivity contribution >= 4 is 28.8 Å².